The fourth-order valence-corrected chi connectivity index (χ4v) is 3.77. The number of imide groups is 1. The van der Waals surface area contributed by atoms with Crippen LogP contribution < -0.4 is 16.2 Å². The molecule has 0 radical (unpaired) electrons. The van der Waals surface area contributed by atoms with Crippen LogP contribution in [0.5, 0.6) is 0 Å². The van der Waals surface area contributed by atoms with Gasteiger partial charge in [-0.25, -0.2) is 9.78 Å². The molecule has 1 heterocycles. The molecule has 7 nitrogen and oxygen atoms in total. The highest BCUT2D eigenvalue weighted by Crippen LogP contribution is 2.22. The second kappa shape index (κ2) is 9.09. The van der Waals surface area contributed by atoms with E-state index in [-0.39, 0.29) is 11.3 Å². The average Bonchev–Trinajstić information content (AvgIpc) is 2.69. The number of nitrogens with zero attached hydrogens (tertiary/aromatic N) is 2. The van der Waals surface area contributed by atoms with Crippen molar-refractivity contribution in [1.29, 1.82) is 0 Å². The monoisotopic (exact) mass is 412 g/mol. The molecule has 29 heavy (non-hydrogen) atoms. The fraction of sp³-hybridized carbons (Fsp3) is 0.333. The summed E-state index contributed by atoms with van der Waals surface area (Å²) in [4.78, 5) is 41.4. The summed E-state index contributed by atoms with van der Waals surface area (Å²) in [5, 5.41) is 7.91. The number of thioether (sulfide) groups is 1. The van der Waals surface area contributed by atoms with E-state index in [1.165, 1.54) is 0 Å². The van der Waals surface area contributed by atoms with Crippen molar-refractivity contribution in [3.63, 3.8) is 0 Å². The smallest absolute Gasteiger partial charge is 0.321 e. The molecule has 3 rings (SSSR count). The lowest BCUT2D eigenvalue weighted by atomic mass is 10.1. The minimum atomic E-state index is -0.518. The zero-order chi connectivity index (χ0) is 21.0. The lowest BCUT2D eigenvalue weighted by molar-refractivity contribution is -0.117. The number of fused-ring (bicyclic) bond motifs is 2. The van der Waals surface area contributed by atoms with Gasteiger partial charge in [0.1, 0.15) is 0 Å². The fourth-order valence-electron chi connectivity index (χ4n) is 2.91. The van der Waals surface area contributed by atoms with Crippen molar-refractivity contribution in [2.24, 2.45) is 5.92 Å². The van der Waals surface area contributed by atoms with Crippen molar-refractivity contribution >= 4 is 45.4 Å². The Balaban J connectivity index is 1.81. The highest BCUT2D eigenvalue weighted by atomic mass is 32.2. The third-order valence-corrected chi connectivity index (χ3v) is 5.34. The van der Waals surface area contributed by atoms with Crippen LogP contribution in [0.1, 0.15) is 20.8 Å². The quantitative estimate of drug-likeness (QED) is 0.369. The zero-order valence-corrected chi connectivity index (χ0v) is 17.5. The number of carbonyl (C=O) groups excluding carboxylic acids is 2. The Labute approximate surface area is 172 Å². The van der Waals surface area contributed by atoms with E-state index < -0.39 is 11.9 Å². The van der Waals surface area contributed by atoms with Gasteiger partial charge >= 0.3 is 6.03 Å². The average molecular weight is 413 g/mol. The Morgan fingerprint density at radius 1 is 1.17 bits per heavy atom. The molecule has 3 aromatic rings. The summed E-state index contributed by atoms with van der Waals surface area (Å²) in [6.07, 6.45) is 0. The van der Waals surface area contributed by atoms with Crippen LogP contribution in [-0.4, -0.2) is 33.8 Å². The van der Waals surface area contributed by atoms with E-state index in [0.717, 1.165) is 22.5 Å². The minimum absolute atomic E-state index is 0.0133. The highest BCUT2D eigenvalue weighted by molar-refractivity contribution is 7.99. The first-order chi connectivity index (χ1) is 13.9. The second-order valence-corrected chi connectivity index (χ2v) is 8.04. The molecule has 0 bridgehead atoms. The van der Waals surface area contributed by atoms with Gasteiger partial charge in [0.05, 0.1) is 16.7 Å². The van der Waals surface area contributed by atoms with Gasteiger partial charge in [-0.3, -0.25) is 19.5 Å². The van der Waals surface area contributed by atoms with Crippen molar-refractivity contribution in [3.8, 4) is 0 Å². The number of hydrogen-bond acceptors (Lipinski definition) is 5. The summed E-state index contributed by atoms with van der Waals surface area (Å²) in [6.45, 7) is 6.72. The number of amides is 3. The van der Waals surface area contributed by atoms with Crippen LogP contribution in [0.2, 0.25) is 0 Å². The first kappa shape index (κ1) is 20.9. The third-order valence-electron chi connectivity index (χ3n) is 4.36. The maximum Gasteiger partial charge on any atom is 0.321 e. The lowest BCUT2D eigenvalue weighted by Gasteiger charge is -2.12. The van der Waals surface area contributed by atoms with E-state index in [1.807, 2.05) is 57.2 Å². The SMILES string of the molecule is CCn1c(SCC(=O)NC(=O)NCC(C)C)nc2cc3ccccc3cc2c1=O. The second-order valence-electron chi connectivity index (χ2n) is 7.10. The van der Waals surface area contributed by atoms with E-state index in [2.05, 4.69) is 15.6 Å². The van der Waals surface area contributed by atoms with Crippen LogP contribution in [-0.2, 0) is 11.3 Å². The summed E-state index contributed by atoms with van der Waals surface area (Å²) in [5.74, 6) is -0.158. The van der Waals surface area contributed by atoms with Crippen molar-refractivity contribution in [2.45, 2.75) is 32.5 Å². The maximum absolute atomic E-state index is 12.9. The van der Waals surface area contributed by atoms with E-state index in [1.54, 1.807) is 4.57 Å². The van der Waals surface area contributed by atoms with Crippen molar-refractivity contribution in [1.82, 2.24) is 20.2 Å². The predicted octanol–water partition coefficient (Wildman–Crippen LogP) is 3.14. The molecule has 1 aromatic heterocycles. The van der Waals surface area contributed by atoms with Crippen molar-refractivity contribution in [3.05, 3.63) is 46.8 Å². The van der Waals surface area contributed by atoms with Gasteiger partial charge in [0.25, 0.3) is 5.56 Å². The molecule has 2 aromatic carbocycles. The Hall–Kier alpha value is -2.87. The molecule has 0 aliphatic heterocycles. The van der Waals surface area contributed by atoms with Crippen LogP contribution >= 0.6 is 11.8 Å². The number of benzene rings is 2. The lowest BCUT2D eigenvalue weighted by Crippen LogP contribution is -2.41. The number of hydrogen-bond donors (Lipinski definition) is 2. The maximum atomic E-state index is 12.9. The molecule has 8 heteroatoms. The zero-order valence-electron chi connectivity index (χ0n) is 16.7. The largest absolute Gasteiger partial charge is 0.338 e. The topological polar surface area (TPSA) is 93.1 Å². The van der Waals surface area contributed by atoms with Gasteiger partial charge in [-0.05, 0) is 35.7 Å². The minimum Gasteiger partial charge on any atom is -0.338 e. The normalized spacial score (nSPS) is 11.2. The number of urea groups is 1. The Bertz CT molecular complexity index is 1120. The van der Waals surface area contributed by atoms with Gasteiger partial charge in [0.2, 0.25) is 5.91 Å². The van der Waals surface area contributed by atoms with Crippen LogP contribution in [0.15, 0.2) is 46.3 Å². The van der Waals surface area contributed by atoms with Gasteiger partial charge < -0.3 is 5.32 Å². The summed E-state index contributed by atoms with van der Waals surface area (Å²) in [7, 11) is 0. The molecule has 0 aliphatic carbocycles. The molecule has 0 atom stereocenters. The van der Waals surface area contributed by atoms with Crippen molar-refractivity contribution < 1.29 is 9.59 Å². The van der Waals surface area contributed by atoms with Gasteiger partial charge in [-0.15, -0.1) is 0 Å². The van der Waals surface area contributed by atoms with E-state index in [9.17, 15) is 14.4 Å². The van der Waals surface area contributed by atoms with Gasteiger partial charge in [0, 0.05) is 13.1 Å². The molecule has 0 saturated heterocycles. The molecule has 0 spiro atoms. The van der Waals surface area contributed by atoms with Crippen LogP contribution in [0.3, 0.4) is 0 Å². The molecule has 0 aliphatic rings. The van der Waals surface area contributed by atoms with Gasteiger partial charge in [0.15, 0.2) is 5.16 Å². The Morgan fingerprint density at radius 2 is 1.86 bits per heavy atom. The Morgan fingerprint density at radius 3 is 2.52 bits per heavy atom. The van der Waals surface area contributed by atoms with E-state index >= 15 is 0 Å². The van der Waals surface area contributed by atoms with Gasteiger partial charge in [-0.1, -0.05) is 49.9 Å². The summed E-state index contributed by atoms with van der Waals surface area (Å²) < 4.78 is 1.55. The van der Waals surface area contributed by atoms with E-state index in [4.69, 9.17) is 0 Å². The number of nitrogens with one attached hydrogen (secondary N) is 2. The van der Waals surface area contributed by atoms with Crippen LogP contribution in [0.25, 0.3) is 21.7 Å². The number of rotatable bonds is 6. The molecule has 0 unspecified atom stereocenters. The molecule has 0 saturated carbocycles. The summed E-state index contributed by atoms with van der Waals surface area (Å²) in [6, 6.07) is 11.0. The summed E-state index contributed by atoms with van der Waals surface area (Å²) >= 11 is 1.14. The molecule has 2 N–H and O–H groups in total. The van der Waals surface area contributed by atoms with E-state index in [0.29, 0.717) is 35.1 Å². The molecule has 152 valence electrons. The standard InChI is InChI=1S/C21H24N4O3S/c1-4-25-19(27)16-9-14-7-5-6-8-15(14)10-17(16)23-21(25)29-12-18(26)24-20(28)22-11-13(2)3/h5-10,13H,4,11-12H2,1-3H3,(H2,22,24,26,28). The Kier molecular flexibility index (Phi) is 6.53. The van der Waals surface area contributed by atoms with Crippen molar-refractivity contribution in [2.75, 3.05) is 12.3 Å². The molecule has 0 fully saturated rings. The van der Waals surface area contributed by atoms with Gasteiger partial charge in [-0.2, -0.15) is 0 Å². The highest BCUT2D eigenvalue weighted by Gasteiger charge is 2.14. The predicted molar refractivity (Wildman–Crippen MR) is 116 cm³/mol. The molecule has 3 amide bonds. The third kappa shape index (κ3) is 4.95. The molecular weight excluding hydrogens is 388 g/mol. The first-order valence-electron chi connectivity index (χ1n) is 9.53. The first-order valence-corrected chi connectivity index (χ1v) is 10.5. The number of aromatic nitrogens is 2. The summed E-state index contributed by atoms with van der Waals surface area (Å²) in [5.41, 5.74) is 0.455. The number of carbonyl (C=O) groups is 2. The van der Waals surface area contributed by atoms with Crippen LogP contribution in [0.4, 0.5) is 4.79 Å². The van der Waals surface area contributed by atoms with Crippen LogP contribution in [0, 0.1) is 5.92 Å². The molecular formula is C21H24N4O3S.